The smallest absolute Gasteiger partial charge is 0.453 e. The largest absolute Gasteiger partial charge is 0.494 e. The van der Waals surface area contributed by atoms with Crippen LogP contribution in [0.25, 0.3) is 12.2 Å². The maximum absolute atomic E-state index is 13.6. The SMILES string of the molecule is COc1cc(/C=C/C(=O)CC(c2ccc(N)cc2N)C(O)(O)C(=O)/C=C/c2ccc(OC(=O)c3ccc(OCCCC(F)(F)C(F)(F)F)cc3)c(OC)c2)ccc1OC(=O)c1ccc(OCCCC(F)(F)C(F)(F)F)cc1. The number of carbonyl (C=O) groups is 4. The molecular formula is C53H48F10N2O12. The van der Waals surface area contributed by atoms with Crippen molar-refractivity contribution in [1.82, 2.24) is 0 Å². The van der Waals surface area contributed by atoms with Crippen LogP contribution in [0.3, 0.4) is 0 Å². The van der Waals surface area contributed by atoms with E-state index in [4.69, 9.17) is 39.9 Å². The van der Waals surface area contributed by atoms with Crippen molar-refractivity contribution >= 4 is 47.0 Å². The number of nitrogen functional groups attached to an aromatic ring is 2. The number of anilines is 2. The summed E-state index contributed by atoms with van der Waals surface area (Å²) in [6.07, 6.45) is -11.8. The van der Waals surface area contributed by atoms with Gasteiger partial charge in [-0.1, -0.05) is 30.4 Å². The van der Waals surface area contributed by atoms with E-state index in [0.29, 0.717) is 5.56 Å². The second kappa shape index (κ2) is 25.1. The minimum atomic E-state index is -5.68. The molecule has 0 amide bonds. The minimum absolute atomic E-state index is 0.00624. The summed E-state index contributed by atoms with van der Waals surface area (Å²) in [4.78, 5) is 53.0. The number of nitrogens with two attached hydrogens (primary N) is 2. The standard InChI is InChI=1S/C53H48F10N2O12/c1-72-44-27-31(6-20-42(44)76-47(68)33-9-15-37(16-10-33)74-25-3-23-49(54,55)52(58,59)60)5-14-36(66)30-40(39-19-13-35(64)29-41(39)65)51(70,71)46(67)22-8-32-7-21-43(45(28-32)73-2)77-48(69)34-11-17-38(18-12-34)75-26-4-24-50(56,57)53(61,62)63/h5-22,27-29,40,70-71H,3-4,23-26,30,64-65H2,1-2H3/b14-5+,22-8+. The van der Waals surface area contributed by atoms with Crippen LogP contribution in [-0.2, 0) is 9.59 Å². The zero-order valence-corrected chi connectivity index (χ0v) is 40.6. The van der Waals surface area contributed by atoms with Gasteiger partial charge in [-0.3, -0.25) is 9.59 Å². The van der Waals surface area contributed by atoms with Crippen LogP contribution in [0.15, 0.2) is 115 Å². The predicted octanol–water partition coefficient (Wildman–Crippen LogP) is 10.7. The average Bonchev–Trinajstić information content (AvgIpc) is 3.37. The molecule has 1 atom stereocenters. The molecule has 0 fully saturated rings. The molecule has 24 heteroatoms. The van der Waals surface area contributed by atoms with E-state index < -0.39 is 105 Å². The van der Waals surface area contributed by atoms with Crippen molar-refractivity contribution in [2.24, 2.45) is 0 Å². The van der Waals surface area contributed by atoms with E-state index in [2.05, 4.69) is 0 Å². The fraction of sp³-hybridized carbons (Fsp3) is 0.283. The molecular weight excluding hydrogens is 1050 g/mol. The van der Waals surface area contributed by atoms with E-state index in [0.717, 1.165) is 12.2 Å². The van der Waals surface area contributed by atoms with E-state index in [1.165, 1.54) is 129 Å². The number of hydrogen-bond donors (Lipinski definition) is 4. The molecule has 412 valence electrons. The highest BCUT2D eigenvalue weighted by atomic mass is 19.4. The lowest BCUT2D eigenvalue weighted by molar-refractivity contribution is -0.284. The number of ketones is 2. The number of ether oxygens (including phenoxy) is 6. The Labute approximate surface area is 432 Å². The second-order valence-corrected chi connectivity index (χ2v) is 16.8. The third kappa shape index (κ3) is 16.2. The van der Waals surface area contributed by atoms with Crippen LogP contribution >= 0.6 is 0 Å². The van der Waals surface area contributed by atoms with E-state index in [1.807, 2.05) is 0 Å². The lowest BCUT2D eigenvalue weighted by Crippen LogP contribution is -2.44. The van der Waals surface area contributed by atoms with E-state index in [9.17, 15) is 73.3 Å². The fourth-order valence-corrected chi connectivity index (χ4v) is 6.99. The van der Waals surface area contributed by atoms with Gasteiger partial charge >= 0.3 is 36.1 Å². The molecule has 77 heavy (non-hydrogen) atoms. The maximum atomic E-state index is 13.6. The molecule has 5 aromatic rings. The molecule has 14 nitrogen and oxygen atoms in total. The highest BCUT2D eigenvalue weighted by Crippen LogP contribution is 2.41. The van der Waals surface area contributed by atoms with Gasteiger partial charge in [0.2, 0.25) is 11.6 Å². The Morgan fingerprint density at radius 3 is 1.39 bits per heavy atom. The molecule has 0 aliphatic heterocycles. The number of aliphatic hydroxyl groups is 2. The Balaban J connectivity index is 1.21. The molecule has 0 saturated carbocycles. The Hall–Kier alpha value is -8.12. The lowest BCUT2D eigenvalue weighted by atomic mass is 9.82. The first-order valence-corrected chi connectivity index (χ1v) is 22.7. The molecule has 5 rings (SSSR count). The van der Waals surface area contributed by atoms with E-state index in [-0.39, 0.29) is 68.1 Å². The summed E-state index contributed by atoms with van der Waals surface area (Å²) in [5.74, 6) is -18.4. The van der Waals surface area contributed by atoms with Crippen molar-refractivity contribution < 1.29 is 102 Å². The number of benzene rings is 5. The van der Waals surface area contributed by atoms with Crippen molar-refractivity contribution in [3.05, 3.63) is 143 Å². The van der Waals surface area contributed by atoms with E-state index >= 15 is 0 Å². The summed E-state index contributed by atoms with van der Waals surface area (Å²) in [6.45, 7) is -0.906. The highest BCUT2D eigenvalue weighted by molar-refractivity contribution is 6.01. The summed E-state index contributed by atoms with van der Waals surface area (Å²) in [6, 6.07) is 22.4. The Morgan fingerprint density at radius 1 is 0.558 bits per heavy atom. The van der Waals surface area contributed by atoms with Crippen LogP contribution < -0.4 is 39.9 Å². The third-order valence-corrected chi connectivity index (χ3v) is 11.2. The third-order valence-electron chi connectivity index (χ3n) is 11.2. The molecule has 0 radical (unpaired) electrons. The van der Waals surface area contributed by atoms with Gasteiger partial charge in [-0.05, 0) is 127 Å². The Morgan fingerprint density at radius 2 is 0.987 bits per heavy atom. The fourth-order valence-electron chi connectivity index (χ4n) is 6.99. The van der Waals surface area contributed by atoms with Crippen LogP contribution in [0, 0.1) is 0 Å². The molecule has 0 aromatic heterocycles. The Kier molecular flexibility index (Phi) is 19.5. The first-order chi connectivity index (χ1) is 36.0. The molecule has 0 aliphatic rings. The molecule has 0 aliphatic carbocycles. The number of allylic oxidation sites excluding steroid dienone is 1. The van der Waals surface area contributed by atoms with Crippen molar-refractivity contribution in [3.63, 3.8) is 0 Å². The number of hydrogen-bond acceptors (Lipinski definition) is 14. The summed E-state index contributed by atoms with van der Waals surface area (Å²) in [5, 5.41) is 22.9. The normalized spacial score (nSPS) is 12.8. The highest BCUT2D eigenvalue weighted by Gasteiger charge is 2.57. The number of esters is 2. The van der Waals surface area contributed by atoms with Gasteiger partial charge in [0.15, 0.2) is 28.8 Å². The van der Waals surface area contributed by atoms with Gasteiger partial charge in [-0.15, -0.1) is 0 Å². The molecule has 0 heterocycles. The average molecular weight is 1090 g/mol. The number of halogens is 10. The number of carbonyl (C=O) groups excluding carboxylic acids is 4. The summed E-state index contributed by atoms with van der Waals surface area (Å²) in [5.41, 5.74) is 12.7. The van der Waals surface area contributed by atoms with Crippen LogP contribution in [-0.4, -0.2) is 91.1 Å². The quantitative estimate of drug-likeness (QED) is 0.00814. The molecule has 0 bridgehead atoms. The summed E-state index contributed by atoms with van der Waals surface area (Å²) < 4.78 is 159. The zero-order valence-electron chi connectivity index (χ0n) is 40.6. The number of rotatable bonds is 25. The van der Waals surface area contributed by atoms with Gasteiger partial charge in [0.05, 0.1) is 44.5 Å². The topological polar surface area (TPSA) is 216 Å². The van der Waals surface area contributed by atoms with E-state index in [1.54, 1.807) is 0 Å². The van der Waals surface area contributed by atoms with Gasteiger partial charge in [0, 0.05) is 30.6 Å². The van der Waals surface area contributed by atoms with Crippen molar-refractivity contribution in [2.45, 2.75) is 68.0 Å². The van der Waals surface area contributed by atoms with Gasteiger partial charge in [0.1, 0.15) is 11.5 Å². The Bertz CT molecular complexity index is 2940. The zero-order chi connectivity index (χ0) is 56.9. The second-order valence-electron chi connectivity index (χ2n) is 16.8. The van der Waals surface area contributed by atoms with Crippen LogP contribution in [0.1, 0.15) is 75.4 Å². The van der Waals surface area contributed by atoms with Crippen LogP contribution in [0.5, 0.6) is 34.5 Å². The minimum Gasteiger partial charge on any atom is -0.494 e. The monoisotopic (exact) mass is 1090 g/mol. The summed E-state index contributed by atoms with van der Waals surface area (Å²) in [7, 11) is 2.51. The van der Waals surface area contributed by atoms with Crippen molar-refractivity contribution in [2.75, 3.05) is 38.9 Å². The van der Waals surface area contributed by atoms with Crippen molar-refractivity contribution in [3.8, 4) is 34.5 Å². The lowest BCUT2D eigenvalue weighted by Gasteiger charge is -2.30. The molecule has 0 spiro atoms. The van der Waals surface area contributed by atoms with Gasteiger partial charge in [-0.2, -0.15) is 43.9 Å². The first-order valence-electron chi connectivity index (χ1n) is 22.7. The van der Waals surface area contributed by atoms with Crippen molar-refractivity contribution in [1.29, 1.82) is 0 Å². The van der Waals surface area contributed by atoms with Gasteiger partial charge in [0.25, 0.3) is 0 Å². The maximum Gasteiger partial charge on any atom is 0.453 e. The van der Waals surface area contributed by atoms with Gasteiger partial charge in [-0.25, -0.2) is 9.59 Å². The van der Waals surface area contributed by atoms with Crippen LogP contribution in [0.2, 0.25) is 0 Å². The first kappa shape index (κ1) is 59.8. The molecule has 5 aromatic carbocycles. The number of methoxy groups -OCH3 is 2. The molecule has 0 saturated heterocycles. The van der Waals surface area contributed by atoms with Gasteiger partial charge < -0.3 is 50.1 Å². The molecule has 6 N–H and O–H groups in total. The predicted molar refractivity (Wildman–Crippen MR) is 258 cm³/mol. The molecule has 1 unspecified atom stereocenters. The summed E-state index contributed by atoms with van der Waals surface area (Å²) >= 11 is 0. The van der Waals surface area contributed by atoms with Crippen LogP contribution in [0.4, 0.5) is 55.3 Å². The number of alkyl halides is 10.